The molecule has 0 radical (unpaired) electrons. The van der Waals surface area contributed by atoms with Gasteiger partial charge in [0, 0.05) is 51.0 Å². The lowest BCUT2D eigenvalue weighted by Crippen LogP contribution is -2.44. The van der Waals surface area contributed by atoms with Crippen molar-refractivity contribution in [3.63, 3.8) is 0 Å². The maximum absolute atomic E-state index is 6.16. The number of halogens is 2. The van der Waals surface area contributed by atoms with E-state index < -0.39 is 0 Å². The number of aliphatic imine (C=N–C) groups is 1. The Balaban J connectivity index is 0.00000364. The molecule has 1 heterocycles. The maximum atomic E-state index is 6.16. The number of unbranched alkanes of at least 4 members (excludes halogenated alkanes) is 1. The molecule has 2 rings (SSSR count). The molecular formula is C19H32ClIN4O2. The van der Waals surface area contributed by atoms with E-state index in [0.29, 0.717) is 6.04 Å². The first-order valence-electron chi connectivity index (χ1n) is 9.31. The Morgan fingerprint density at radius 2 is 2.19 bits per heavy atom. The number of anilines is 1. The predicted molar refractivity (Wildman–Crippen MR) is 124 cm³/mol. The summed E-state index contributed by atoms with van der Waals surface area (Å²) < 4.78 is 10.8. The van der Waals surface area contributed by atoms with Crippen molar-refractivity contribution in [3.8, 4) is 5.75 Å². The zero-order valence-corrected chi connectivity index (χ0v) is 19.5. The molecule has 8 heteroatoms. The molecule has 1 aromatic rings. The number of rotatable bonds is 9. The van der Waals surface area contributed by atoms with Crippen LogP contribution in [0.3, 0.4) is 0 Å². The zero-order chi connectivity index (χ0) is 18.8. The van der Waals surface area contributed by atoms with Gasteiger partial charge in [0.1, 0.15) is 5.75 Å². The lowest BCUT2D eigenvalue weighted by atomic mass is 10.2. The number of ether oxygens (including phenoxy) is 2. The van der Waals surface area contributed by atoms with Crippen molar-refractivity contribution < 1.29 is 9.47 Å². The van der Waals surface area contributed by atoms with Crippen molar-refractivity contribution >= 4 is 47.2 Å². The second kappa shape index (κ2) is 13.3. The van der Waals surface area contributed by atoms with Crippen LogP contribution in [0.1, 0.15) is 26.2 Å². The molecule has 1 unspecified atom stereocenters. The molecule has 1 aliphatic rings. The first-order valence-corrected chi connectivity index (χ1v) is 9.69. The Hall–Kier alpha value is -0.930. The number of hydrogen-bond acceptors (Lipinski definition) is 4. The summed E-state index contributed by atoms with van der Waals surface area (Å²) in [6.07, 6.45) is 3.17. The lowest BCUT2D eigenvalue weighted by Gasteiger charge is -2.22. The van der Waals surface area contributed by atoms with Crippen LogP contribution in [0.15, 0.2) is 23.2 Å². The van der Waals surface area contributed by atoms with Crippen LogP contribution in [-0.2, 0) is 4.74 Å². The van der Waals surface area contributed by atoms with Crippen molar-refractivity contribution in [2.45, 2.75) is 32.2 Å². The van der Waals surface area contributed by atoms with Gasteiger partial charge in [-0.15, -0.1) is 24.0 Å². The summed E-state index contributed by atoms with van der Waals surface area (Å²) in [5, 5.41) is 7.61. The van der Waals surface area contributed by atoms with Gasteiger partial charge in [-0.2, -0.15) is 0 Å². The summed E-state index contributed by atoms with van der Waals surface area (Å²) in [6, 6.07) is 6.08. The minimum Gasteiger partial charge on any atom is -0.495 e. The SMILES string of the molecule is CCOCCCCNC(=NC)NC1CCN(c2cc(Cl)ccc2OC)C1.I. The highest BCUT2D eigenvalue weighted by atomic mass is 127. The molecule has 0 spiro atoms. The number of nitrogens with zero attached hydrogens (tertiary/aromatic N) is 2. The van der Waals surface area contributed by atoms with E-state index in [1.807, 2.05) is 32.2 Å². The van der Waals surface area contributed by atoms with Gasteiger partial charge < -0.3 is 25.0 Å². The standard InChI is InChI=1S/C19H31ClN4O2.HI/c1-4-26-12-6-5-10-22-19(21-2)23-16-9-11-24(14-16)17-13-15(20)7-8-18(17)25-3;/h7-8,13,16H,4-6,9-12,14H2,1-3H3,(H2,21,22,23);1H. The van der Waals surface area contributed by atoms with E-state index in [1.54, 1.807) is 7.11 Å². The van der Waals surface area contributed by atoms with Crippen LogP contribution in [0.4, 0.5) is 5.69 Å². The molecule has 1 aromatic carbocycles. The van der Waals surface area contributed by atoms with E-state index in [2.05, 4.69) is 20.5 Å². The van der Waals surface area contributed by atoms with E-state index in [1.165, 1.54) is 0 Å². The smallest absolute Gasteiger partial charge is 0.191 e. The average Bonchev–Trinajstić information content (AvgIpc) is 3.12. The normalized spacial score (nSPS) is 16.8. The van der Waals surface area contributed by atoms with E-state index in [4.69, 9.17) is 21.1 Å². The molecule has 0 aromatic heterocycles. The Bertz CT molecular complexity index is 589. The average molecular weight is 511 g/mol. The van der Waals surface area contributed by atoms with Gasteiger partial charge in [-0.3, -0.25) is 4.99 Å². The lowest BCUT2D eigenvalue weighted by molar-refractivity contribution is 0.143. The summed E-state index contributed by atoms with van der Waals surface area (Å²) in [5.74, 6) is 1.71. The van der Waals surface area contributed by atoms with Gasteiger partial charge in [0.15, 0.2) is 5.96 Å². The van der Waals surface area contributed by atoms with Crippen molar-refractivity contribution in [2.75, 3.05) is 51.9 Å². The van der Waals surface area contributed by atoms with Crippen LogP contribution in [-0.4, -0.2) is 59.0 Å². The molecule has 1 saturated heterocycles. The molecule has 154 valence electrons. The Morgan fingerprint density at radius 3 is 2.89 bits per heavy atom. The zero-order valence-electron chi connectivity index (χ0n) is 16.5. The fourth-order valence-electron chi connectivity index (χ4n) is 3.08. The Labute approximate surface area is 185 Å². The summed E-state index contributed by atoms with van der Waals surface area (Å²) in [4.78, 5) is 6.63. The fourth-order valence-corrected chi connectivity index (χ4v) is 3.24. The number of hydrogen-bond donors (Lipinski definition) is 2. The Kier molecular flexibility index (Phi) is 11.9. The third kappa shape index (κ3) is 7.91. The first kappa shape index (κ1) is 24.1. The largest absolute Gasteiger partial charge is 0.495 e. The molecule has 0 amide bonds. The number of nitrogens with one attached hydrogen (secondary N) is 2. The summed E-state index contributed by atoms with van der Waals surface area (Å²) in [6.45, 7) is 6.37. The van der Waals surface area contributed by atoms with Gasteiger partial charge >= 0.3 is 0 Å². The third-order valence-electron chi connectivity index (χ3n) is 4.45. The second-order valence-corrected chi connectivity index (χ2v) is 6.73. The highest BCUT2D eigenvalue weighted by Gasteiger charge is 2.25. The highest BCUT2D eigenvalue weighted by Crippen LogP contribution is 2.33. The van der Waals surface area contributed by atoms with Crippen LogP contribution < -0.4 is 20.3 Å². The molecule has 1 atom stereocenters. The van der Waals surface area contributed by atoms with Crippen LogP contribution in [0, 0.1) is 0 Å². The first-order chi connectivity index (χ1) is 12.7. The van der Waals surface area contributed by atoms with Gasteiger partial charge in [-0.1, -0.05) is 11.6 Å². The summed E-state index contributed by atoms with van der Waals surface area (Å²) in [7, 11) is 3.50. The molecule has 2 N–H and O–H groups in total. The predicted octanol–water partition coefficient (Wildman–Crippen LogP) is 3.53. The molecule has 0 aliphatic carbocycles. The monoisotopic (exact) mass is 510 g/mol. The van der Waals surface area contributed by atoms with Gasteiger partial charge in [0.2, 0.25) is 0 Å². The van der Waals surface area contributed by atoms with Crippen LogP contribution >= 0.6 is 35.6 Å². The van der Waals surface area contributed by atoms with E-state index in [-0.39, 0.29) is 24.0 Å². The summed E-state index contributed by atoms with van der Waals surface area (Å²) >= 11 is 6.16. The molecular weight excluding hydrogens is 479 g/mol. The van der Waals surface area contributed by atoms with Crippen molar-refractivity contribution in [2.24, 2.45) is 4.99 Å². The molecule has 1 aliphatic heterocycles. The van der Waals surface area contributed by atoms with Crippen molar-refractivity contribution in [1.82, 2.24) is 10.6 Å². The van der Waals surface area contributed by atoms with Crippen molar-refractivity contribution in [1.29, 1.82) is 0 Å². The maximum Gasteiger partial charge on any atom is 0.191 e. The quantitative estimate of drug-likeness (QED) is 0.230. The number of benzene rings is 1. The minimum atomic E-state index is 0. The van der Waals surface area contributed by atoms with E-state index >= 15 is 0 Å². The molecule has 0 bridgehead atoms. The molecule has 0 saturated carbocycles. The molecule has 1 fully saturated rings. The second-order valence-electron chi connectivity index (χ2n) is 6.30. The van der Waals surface area contributed by atoms with Gasteiger partial charge in [-0.25, -0.2) is 0 Å². The van der Waals surface area contributed by atoms with E-state index in [9.17, 15) is 0 Å². The minimum absolute atomic E-state index is 0. The summed E-state index contributed by atoms with van der Waals surface area (Å²) in [5.41, 5.74) is 1.04. The van der Waals surface area contributed by atoms with Crippen LogP contribution in [0.5, 0.6) is 5.75 Å². The topological polar surface area (TPSA) is 58.1 Å². The van der Waals surface area contributed by atoms with Crippen molar-refractivity contribution in [3.05, 3.63) is 23.2 Å². The van der Waals surface area contributed by atoms with E-state index in [0.717, 1.165) is 74.5 Å². The third-order valence-corrected chi connectivity index (χ3v) is 4.68. The number of guanidine groups is 1. The molecule has 27 heavy (non-hydrogen) atoms. The van der Waals surface area contributed by atoms with Gasteiger partial charge in [0.05, 0.1) is 12.8 Å². The van der Waals surface area contributed by atoms with Crippen LogP contribution in [0.2, 0.25) is 5.02 Å². The number of methoxy groups -OCH3 is 1. The van der Waals surface area contributed by atoms with Gasteiger partial charge in [0.25, 0.3) is 0 Å². The van der Waals surface area contributed by atoms with Gasteiger partial charge in [-0.05, 0) is 44.4 Å². The molecule has 6 nitrogen and oxygen atoms in total. The Morgan fingerprint density at radius 1 is 1.37 bits per heavy atom. The fraction of sp³-hybridized carbons (Fsp3) is 0.632. The highest BCUT2D eigenvalue weighted by molar-refractivity contribution is 14.0. The van der Waals surface area contributed by atoms with Crippen LogP contribution in [0.25, 0.3) is 0 Å².